The molecule has 8 rings (SSSR count). The standard InChI is InChI=1S/C41H42N8/c1-7-19-32(20-8-1)40-42-46(34-23-11-3-12-24-34)38(47(43-40)35-25-13-4-14-26-35)31-39-48(36-27-15-5-16-28-36)44-41(33-21-9-2-10-22-33)45-49(39)37-29-17-6-18-30-37/h1,3-8,11-20,23-30,33,38-39H,2,9-10,21-22,31H2,(H,42,43)(H,44,45). The first-order chi connectivity index (χ1) is 24.3. The zero-order valence-corrected chi connectivity index (χ0v) is 27.6. The number of hydrogen-bond donors (Lipinski definition) is 2. The van der Waals surface area contributed by atoms with Crippen molar-refractivity contribution >= 4 is 34.4 Å². The molecule has 49 heavy (non-hydrogen) atoms. The van der Waals surface area contributed by atoms with Crippen LogP contribution in [0, 0.1) is 5.92 Å². The topological polar surface area (TPSA) is 61.7 Å². The second kappa shape index (κ2) is 14.2. The van der Waals surface area contributed by atoms with Gasteiger partial charge in [0.2, 0.25) is 0 Å². The number of hydrogen-bond acceptors (Lipinski definition) is 8. The van der Waals surface area contributed by atoms with Crippen LogP contribution >= 0.6 is 0 Å². The quantitative estimate of drug-likeness (QED) is 0.177. The van der Waals surface area contributed by atoms with Crippen LogP contribution in [0.5, 0.6) is 0 Å². The van der Waals surface area contributed by atoms with Gasteiger partial charge in [0.05, 0.1) is 22.7 Å². The summed E-state index contributed by atoms with van der Waals surface area (Å²) in [6, 6.07) is 52.6. The van der Waals surface area contributed by atoms with Gasteiger partial charge >= 0.3 is 0 Å². The van der Waals surface area contributed by atoms with E-state index in [1.54, 1.807) is 0 Å². The summed E-state index contributed by atoms with van der Waals surface area (Å²) in [5.74, 6) is 2.21. The molecule has 0 aromatic heterocycles. The molecule has 0 amide bonds. The first-order valence-electron chi connectivity index (χ1n) is 17.4. The third-order valence-corrected chi connectivity index (χ3v) is 9.62. The minimum Gasteiger partial charge on any atom is -0.281 e. The van der Waals surface area contributed by atoms with E-state index in [9.17, 15) is 0 Å². The number of hydrazine groups is 2. The molecule has 0 radical (unpaired) electrons. The SMILES string of the molecule is c1ccc(C2=NN(c3ccccc3)C(CC3N(c4ccccc4)N=C(C4CCCCC4)NN3c3ccccc3)N(c3ccccc3)N2)cc1. The average molecular weight is 647 g/mol. The Morgan fingerprint density at radius 1 is 0.469 bits per heavy atom. The Kier molecular flexibility index (Phi) is 8.83. The molecule has 1 aliphatic carbocycles. The number of anilines is 4. The predicted molar refractivity (Wildman–Crippen MR) is 201 cm³/mol. The van der Waals surface area contributed by atoms with Crippen molar-refractivity contribution < 1.29 is 0 Å². The van der Waals surface area contributed by atoms with E-state index in [4.69, 9.17) is 10.2 Å². The lowest BCUT2D eigenvalue weighted by molar-refractivity contribution is 0.381. The van der Waals surface area contributed by atoms with Crippen molar-refractivity contribution in [1.29, 1.82) is 0 Å². The molecule has 0 bridgehead atoms. The summed E-state index contributed by atoms with van der Waals surface area (Å²) in [5, 5.41) is 19.8. The molecule has 5 aromatic carbocycles. The molecular formula is C41H42N8. The first kappa shape index (κ1) is 30.6. The summed E-state index contributed by atoms with van der Waals surface area (Å²) in [5.41, 5.74) is 12.8. The summed E-state index contributed by atoms with van der Waals surface area (Å²) in [7, 11) is 0. The smallest absolute Gasteiger partial charge is 0.172 e. The maximum atomic E-state index is 5.46. The Morgan fingerprint density at radius 2 is 0.898 bits per heavy atom. The van der Waals surface area contributed by atoms with Gasteiger partial charge in [-0.15, -0.1) is 0 Å². The highest BCUT2D eigenvalue weighted by molar-refractivity contribution is 6.01. The van der Waals surface area contributed by atoms with Crippen LogP contribution in [-0.2, 0) is 0 Å². The van der Waals surface area contributed by atoms with Crippen LogP contribution in [0.3, 0.4) is 0 Å². The van der Waals surface area contributed by atoms with Gasteiger partial charge in [-0.05, 0) is 61.4 Å². The molecule has 1 fully saturated rings. The van der Waals surface area contributed by atoms with Crippen molar-refractivity contribution in [3.63, 3.8) is 0 Å². The number of hydrazone groups is 2. The molecule has 1 saturated carbocycles. The maximum Gasteiger partial charge on any atom is 0.172 e. The van der Waals surface area contributed by atoms with E-state index < -0.39 is 0 Å². The van der Waals surface area contributed by atoms with E-state index in [1.807, 2.05) is 6.07 Å². The van der Waals surface area contributed by atoms with Crippen molar-refractivity contribution in [1.82, 2.24) is 10.9 Å². The van der Waals surface area contributed by atoms with Gasteiger partial charge in [0.25, 0.3) is 0 Å². The van der Waals surface area contributed by atoms with E-state index >= 15 is 0 Å². The summed E-state index contributed by atoms with van der Waals surface area (Å²) in [4.78, 5) is 0. The van der Waals surface area contributed by atoms with E-state index in [0.717, 1.165) is 52.8 Å². The maximum absolute atomic E-state index is 5.46. The monoisotopic (exact) mass is 646 g/mol. The molecule has 2 aliphatic heterocycles. The predicted octanol–water partition coefficient (Wildman–Crippen LogP) is 8.35. The zero-order chi connectivity index (χ0) is 32.8. The minimum atomic E-state index is -0.243. The van der Waals surface area contributed by atoms with Crippen LogP contribution in [0.2, 0.25) is 0 Å². The van der Waals surface area contributed by atoms with Gasteiger partial charge in [0, 0.05) is 17.9 Å². The molecule has 8 nitrogen and oxygen atoms in total. The third-order valence-electron chi connectivity index (χ3n) is 9.62. The molecule has 0 spiro atoms. The highest BCUT2D eigenvalue weighted by atomic mass is 15.7. The van der Waals surface area contributed by atoms with Gasteiger partial charge in [-0.3, -0.25) is 20.9 Å². The summed E-state index contributed by atoms with van der Waals surface area (Å²) >= 11 is 0. The molecule has 246 valence electrons. The molecule has 2 N–H and O–H groups in total. The Morgan fingerprint density at radius 3 is 1.41 bits per heavy atom. The second-order valence-electron chi connectivity index (χ2n) is 12.8. The van der Waals surface area contributed by atoms with Crippen LogP contribution in [0.15, 0.2) is 162 Å². The third kappa shape index (κ3) is 6.54. The number of para-hydroxylation sites is 4. The molecular weight excluding hydrogens is 605 g/mol. The molecule has 2 unspecified atom stereocenters. The van der Waals surface area contributed by atoms with Crippen molar-refractivity contribution in [2.45, 2.75) is 50.9 Å². The lowest BCUT2D eigenvalue weighted by Gasteiger charge is -2.50. The van der Waals surface area contributed by atoms with E-state index in [1.165, 1.54) is 19.3 Å². The van der Waals surface area contributed by atoms with E-state index in [0.29, 0.717) is 12.3 Å². The fourth-order valence-electron chi connectivity index (χ4n) is 7.14. The van der Waals surface area contributed by atoms with Crippen LogP contribution in [0.1, 0.15) is 44.1 Å². The van der Waals surface area contributed by atoms with Crippen molar-refractivity contribution in [2.75, 3.05) is 20.0 Å². The highest BCUT2D eigenvalue weighted by Crippen LogP contribution is 2.35. The Hall–Kier alpha value is -5.76. The van der Waals surface area contributed by atoms with Crippen LogP contribution in [-0.4, -0.2) is 24.0 Å². The normalized spacial score (nSPS) is 19.8. The molecule has 8 heteroatoms. The van der Waals surface area contributed by atoms with E-state index in [-0.39, 0.29) is 12.3 Å². The number of nitrogens with one attached hydrogen (secondary N) is 2. The number of rotatable bonds is 8. The van der Waals surface area contributed by atoms with Crippen molar-refractivity contribution in [3.05, 3.63) is 157 Å². The van der Waals surface area contributed by atoms with Gasteiger partial charge in [-0.2, -0.15) is 10.2 Å². The molecule has 3 aliphatic rings. The number of benzene rings is 5. The molecule has 0 saturated heterocycles. The molecule has 5 aromatic rings. The zero-order valence-electron chi connectivity index (χ0n) is 27.6. The van der Waals surface area contributed by atoms with Crippen LogP contribution in [0.4, 0.5) is 22.7 Å². The molecule has 2 heterocycles. The summed E-state index contributed by atoms with van der Waals surface area (Å²) < 4.78 is 0. The van der Waals surface area contributed by atoms with Crippen LogP contribution in [0.25, 0.3) is 0 Å². The number of amidine groups is 2. The largest absolute Gasteiger partial charge is 0.281 e. The second-order valence-corrected chi connectivity index (χ2v) is 12.8. The van der Waals surface area contributed by atoms with Gasteiger partial charge in [0.1, 0.15) is 18.2 Å². The Balaban J connectivity index is 1.28. The van der Waals surface area contributed by atoms with Crippen LogP contribution < -0.4 is 30.9 Å². The van der Waals surface area contributed by atoms with E-state index in [2.05, 4.69) is 176 Å². The molecule has 2 atom stereocenters. The number of nitrogens with zero attached hydrogens (tertiary/aromatic N) is 6. The lowest BCUT2D eigenvalue weighted by atomic mass is 9.88. The average Bonchev–Trinajstić information content (AvgIpc) is 3.20. The highest BCUT2D eigenvalue weighted by Gasteiger charge is 2.41. The van der Waals surface area contributed by atoms with Gasteiger partial charge in [-0.25, -0.2) is 10.0 Å². The summed E-state index contributed by atoms with van der Waals surface area (Å²) in [6.45, 7) is 0. The van der Waals surface area contributed by atoms with Crippen molar-refractivity contribution in [2.24, 2.45) is 16.1 Å². The Bertz CT molecular complexity index is 1850. The lowest BCUT2D eigenvalue weighted by Crippen LogP contribution is -2.66. The Labute approximate surface area is 288 Å². The fraction of sp³-hybridized carbons (Fsp3) is 0.220. The van der Waals surface area contributed by atoms with Gasteiger partial charge in [0.15, 0.2) is 5.84 Å². The fourth-order valence-corrected chi connectivity index (χ4v) is 7.14. The van der Waals surface area contributed by atoms with Gasteiger partial charge < -0.3 is 0 Å². The minimum absolute atomic E-state index is 0.213. The van der Waals surface area contributed by atoms with Gasteiger partial charge in [-0.1, -0.05) is 122 Å². The van der Waals surface area contributed by atoms with Crippen molar-refractivity contribution in [3.8, 4) is 0 Å². The first-order valence-corrected chi connectivity index (χ1v) is 17.4. The summed E-state index contributed by atoms with van der Waals surface area (Å²) in [6.07, 6.45) is 6.24.